The van der Waals surface area contributed by atoms with Crippen LogP contribution in [0.3, 0.4) is 0 Å². The van der Waals surface area contributed by atoms with Gasteiger partial charge in [0.05, 0.1) is 6.04 Å². The van der Waals surface area contributed by atoms with Gasteiger partial charge < -0.3 is 14.8 Å². The topological polar surface area (TPSA) is 54.3 Å². The number of hydrogen-bond donors (Lipinski definition) is 1. The molecule has 5 nitrogen and oxygen atoms in total. The van der Waals surface area contributed by atoms with Gasteiger partial charge in [-0.3, -0.25) is 9.59 Å². The molecule has 0 aliphatic carbocycles. The highest BCUT2D eigenvalue weighted by Crippen LogP contribution is 2.36. The van der Waals surface area contributed by atoms with E-state index in [-0.39, 0.29) is 30.7 Å². The molecule has 1 atom stereocenters. The molecule has 0 saturated heterocycles. The minimum atomic E-state index is -0.223. The molecule has 138 valence electrons. The second-order valence-corrected chi connectivity index (χ2v) is 6.89. The number of amides is 2. The van der Waals surface area contributed by atoms with Crippen molar-refractivity contribution in [2.75, 3.05) is 13.1 Å². The van der Waals surface area contributed by atoms with Crippen LogP contribution in [-0.4, -0.2) is 34.4 Å². The second-order valence-electron chi connectivity index (χ2n) is 6.49. The molecule has 3 rings (SSSR count). The van der Waals surface area contributed by atoms with Crippen molar-refractivity contribution in [1.29, 1.82) is 0 Å². The van der Waals surface area contributed by atoms with Crippen molar-refractivity contribution in [2.24, 2.45) is 0 Å². The van der Waals surface area contributed by atoms with E-state index >= 15 is 0 Å². The number of fused-ring (bicyclic) bond motifs is 1. The molecule has 0 radical (unpaired) electrons. The third-order valence-corrected chi connectivity index (χ3v) is 5.04. The van der Waals surface area contributed by atoms with Crippen LogP contribution in [-0.2, 0) is 16.1 Å². The normalized spacial score (nSPS) is 16.2. The number of carbonyl (C=O) groups is 2. The number of rotatable bonds is 6. The lowest BCUT2D eigenvalue weighted by molar-refractivity contribution is -0.136. The number of hydrogen-bond acceptors (Lipinski definition) is 2. The first kappa shape index (κ1) is 18.5. The van der Waals surface area contributed by atoms with Crippen LogP contribution in [0, 0.1) is 0 Å². The van der Waals surface area contributed by atoms with Gasteiger partial charge in [-0.15, -0.1) is 0 Å². The Kier molecular flexibility index (Phi) is 5.99. The zero-order valence-corrected chi connectivity index (χ0v) is 15.7. The molecule has 1 aliphatic heterocycles. The molecule has 0 spiro atoms. The van der Waals surface area contributed by atoms with Crippen LogP contribution < -0.4 is 5.32 Å². The van der Waals surface area contributed by atoms with Crippen LogP contribution in [0.4, 0.5) is 0 Å². The fourth-order valence-electron chi connectivity index (χ4n) is 3.39. The summed E-state index contributed by atoms with van der Waals surface area (Å²) in [6.07, 6.45) is 3.33. The predicted molar refractivity (Wildman–Crippen MR) is 102 cm³/mol. The number of benzene rings is 1. The van der Waals surface area contributed by atoms with Crippen LogP contribution in [0.1, 0.15) is 43.5 Å². The molecule has 0 saturated carbocycles. The van der Waals surface area contributed by atoms with Gasteiger partial charge in [0, 0.05) is 49.4 Å². The molecule has 1 aliphatic rings. The number of aromatic nitrogens is 1. The summed E-state index contributed by atoms with van der Waals surface area (Å²) in [4.78, 5) is 26.6. The average molecular weight is 374 g/mol. The van der Waals surface area contributed by atoms with E-state index in [0.717, 1.165) is 24.2 Å². The van der Waals surface area contributed by atoms with Gasteiger partial charge in [0.2, 0.25) is 11.8 Å². The third-order valence-electron chi connectivity index (χ3n) is 4.70. The third kappa shape index (κ3) is 3.93. The van der Waals surface area contributed by atoms with Crippen molar-refractivity contribution < 1.29 is 9.59 Å². The second kappa shape index (κ2) is 8.41. The summed E-state index contributed by atoms with van der Waals surface area (Å²) < 4.78 is 2.16. The highest BCUT2D eigenvalue weighted by atomic mass is 35.5. The van der Waals surface area contributed by atoms with E-state index in [1.165, 1.54) is 0 Å². The van der Waals surface area contributed by atoms with Gasteiger partial charge in [-0.25, -0.2) is 0 Å². The Balaban J connectivity index is 1.80. The van der Waals surface area contributed by atoms with Crippen molar-refractivity contribution in [3.63, 3.8) is 0 Å². The zero-order chi connectivity index (χ0) is 18.5. The molecular weight excluding hydrogens is 350 g/mol. The number of halogens is 1. The maximum atomic E-state index is 12.9. The summed E-state index contributed by atoms with van der Waals surface area (Å²) in [5.74, 6) is -0.0936. The lowest BCUT2D eigenvalue weighted by Gasteiger charge is -2.37. The molecule has 1 N–H and O–H groups in total. The first-order valence-corrected chi connectivity index (χ1v) is 9.45. The minimum Gasteiger partial charge on any atom is -0.356 e. The molecule has 0 bridgehead atoms. The summed E-state index contributed by atoms with van der Waals surface area (Å²) in [5.41, 5.74) is 1.96. The Morgan fingerprint density at radius 3 is 2.73 bits per heavy atom. The zero-order valence-electron chi connectivity index (χ0n) is 15.0. The Bertz CT molecular complexity index is 787. The van der Waals surface area contributed by atoms with E-state index in [0.29, 0.717) is 18.1 Å². The van der Waals surface area contributed by atoms with Gasteiger partial charge >= 0.3 is 0 Å². The van der Waals surface area contributed by atoms with Gasteiger partial charge in [-0.1, -0.05) is 36.7 Å². The van der Waals surface area contributed by atoms with Gasteiger partial charge in [0.1, 0.15) is 0 Å². The van der Waals surface area contributed by atoms with Crippen molar-refractivity contribution in [3.05, 3.63) is 58.9 Å². The van der Waals surface area contributed by atoms with Crippen molar-refractivity contribution in [3.8, 4) is 0 Å². The van der Waals surface area contributed by atoms with Crippen molar-refractivity contribution >= 4 is 23.4 Å². The van der Waals surface area contributed by atoms with Crippen molar-refractivity contribution in [1.82, 2.24) is 14.8 Å². The Morgan fingerprint density at radius 1 is 1.15 bits per heavy atom. The van der Waals surface area contributed by atoms with E-state index in [9.17, 15) is 9.59 Å². The minimum absolute atomic E-state index is 0.0194. The SMILES string of the molecule is CCCNC(=O)CCC(=O)N1CCn2cccc2[C@@H]1c1ccccc1Cl. The van der Waals surface area contributed by atoms with Crippen LogP contribution in [0.2, 0.25) is 5.02 Å². The monoisotopic (exact) mass is 373 g/mol. The molecule has 2 amide bonds. The maximum absolute atomic E-state index is 12.9. The van der Waals surface area contributed by atoms with E-state index in [1.54, 1.807) is 0 Å². The van der Waals surface area contributed by atoms with E-state index in [2.05, 4.69) is 9.88 Å². The lowest BCUT2D eigenvalue weighted by Crippen LogP contribution is -2.42. The lowest BCUT2D eigenvalue weighted by atomic mass is 9.99. The Labute approximate surface area is 158 Å². The maximum Gasteiger partial charge on any atom is 0.223 e. The highest BCUT2D eigenvalue weighted by Gasteiger charge is 2.33. The fourth-order valence-corrected chi connectivity index (χ4v) is 3.63. The molecule has 2 heterocycles. The molecule has 1 aromatic heterocycles. The molecule has 0 unspecified atom stereocenters. The molecule has 1 aromatic carbocycles. The standard InChI is InChI=1S/C20H24ClN3O2/c1-2-11-22-18(25)9-10-19(26)24-14-13-23-12-5-8-17(23)20(24)15-6-3-4-7-16(15)21/h3-8,12,20H,2,9-11,13-14H2,1H3,(H,22,25)/t20-/m0/s1. The van der Waals surface area contributed by atoms with Crippen LogP contribution in [0.15, 0.2) is 42.6 Å². The van der Waals surface area contributed by atoms with E-state index < -0.39 is 0 Å². The Hall–Kier alpha value is -2.27. The fraction of sp³-hybridized carbons (Fsp3) is 0.400. The molecular formula is C20H24ClN3O2. The quantitative estimate of drug-likeness (QED) is 0.843. The summed E-state index contributed by atoms with van der Waals surface area (Å²) in [5, 5.41) is 3.46. The number of nitrogens with zero attached hydrogens (tertiary/aromatic N) is 2. The largest absolute Gasteiger partial charge is 0.356 e. The van der Waals surface area contributed by atoms with Gasteiger partial charge in [-0.2, -0.15) is 0 Å². The van der Waals surface area contributed by atoms with Gasteiger partial charge in [0.15, 0.2) is 0 Å². The number of nitrogens with one attached hydrogen (secondary N) is 1. The summed E-state index contributed by atoms with van der Waals surface area (Å²) in [6.45, 7) is 4.00. The molecule has 2 aromatic rings. The first-order chi connectivity index (χ1) is 12.6. The number of carbonyl (C=O) groups excluding carboxylic acids is 2. The predicted octanol–water partition coefficient (Wildman–Crippen LogP) is 3.38. The summed E-state index contributed by atoms with van der Waals surface area (Å²) >= 11 is 6.43. The highest BCUT2D eigenvalue weighted by molar-refractivity contribution is 6.31. The van der Waals surface area contributed by atoms with Crippen LogP contribution in [0.25, 0.3) is 0 Å². The summed E-state index contributed by atoms with van der Waals surface area (Å²) in [6, 6.07) is 11.4. The Morgan fingerprint density at radius 2 is 1.96 bits per heavy atom. The van der Waals surface area contributed by atoms with Crippen LogP contribution in [0.5, 0.6) is 0 Å². The van der Waals surface area contributed by atoms with E-state index in [4.69, 9.17) is 11.6 Å². The first-order valence-electron chi connectivity index (χ1n) is 9.07. The molecule has 0 fully saturated rings. The van der Waals surface area contributed by atoms with E-state index in [1.807, 2.05) is 54.4 Å². The molecule has 26 heavy (non-hydrogen) atoms. The summed E-state index contributed by atoms with van der Waals surface area (Å²) in [7, 11) is 0. The van der Waals surface area contributed by atoms with Gasteiger partial charge in [-0.05, 0) is 30.2 Å². The smallest absolute Gasteiger partial charge is 0.223 e. The van der Waals surface area contributed by atoms with Gasteiger partial charge in [0.25, 0.3) is 0 Å². The average Bonchev–Trinajstić information content (AvgIpc) is 3.13. The molecule has 6 heteroatoms. The van der Waals surface area contributed by atoms with Crippen LogP contribution >= 0.6 is 11.6 Å². The van der Waals surface area contributed by atoms with Crippen molar-refractivity contribution in [2.45, 2.75) is 38.8 Å².